The third-order valence-corrected chi connectivity index (χ3v) is 4.11. The second kappa shape index (κ2) is 7.14. The van der Waals surface area contributed by atoms with Crippen molar-refractivity contribution in [3.63, 3.8) is 0 Å². The lowest BCUT2D eigenvalue weighted by molar-refractivity contribution is 0.0697. The molecule has 1 aromatic rings. The summed E-state index contributed by atoms with van der Waals surface area (Å²) in [5, 5.41) is 12.8. The quantitative estimate of drug-likeness (QED) is 0.873. The fraction of sp³-hybridized carbons (Fsp3) is 0.562. The first-order valence-corrected chi connectivity index (χ1v) is 7.85. The van der Waals surface area contributed by atoms with Crippen LogP contribution >= 0.6 is 11.6 Å². The van der Waals surface area contributed by atoms with Gasteiger partial charge in [0, 0.05) is 31.4 Å². The lowest BCUT2D eigenvalue weighted by Gasteiger charge is -2.33. The second-order valence-corrected chi connectivity index (χ2v) is 6.52. The van der Waals surface area contributed by atoms with E-state index in [1.54, 1.807) is 12.1 Å². The average Bonchev–Trinajstić information content (AvgIpc) is 2.42. The second-order valence-electron chi connectivity index (χ2n) is 6.11. The van der Waals surface area contributed by atoms with Crippen molar-refractivity contribution in [1.29, 1.82) is 0 Å². The van der Waals surface area contributed by atoms with Crippen LogP contribution < -0.4 is 5.32 Å². The molecule has 0 bridgehead atoms. The average molecular weight is 311 g/mol. The molecule has 0 amide bonds. The maximum Gasteiger partial charge on any atom is 0.337 e. The van der Waals surface area contributed by atoms with Gasteiger partial charge in [-0.15, -0.1) is 0 Å². The molecule has 0 radical (unpaired) electrons. The minimum absolute atomic E-state index is 0.152. The molecule has 0 aliphatic carbocycles. The summed E-state index contributed by atoms with van der Waals surface area (Å²) >= 11 is 5.89. The van der Waals surface area contributed by atoms with Gasteiger partial charge in [-0.1, -0.05) is 25.4 Å². The van der Waals surface area contributed by atoms with Crippen molar-refractivity contribution >= 4 is 23.3 Å². The van der Waals surface area contributed by atoms with Gasteiger partial charge in [-0.05, 0) is 37.0 Å². The van der Waals surface area contributed by atoms with Crippen LogP contribution in [0.4, 0.5) is 5.69 Å². The molecule has 21 heavy (non-hydrogen) atoms. The van der Waals surface area contributed by atoms with Crippen LogP contribution in [0.15, 0.2) is 18.2 Å². The zero-order valence-corrected chi connectivity index (χ0v) is 13.4. The lowest BCUT2D eigenvalue weighted by Crippen LogP contribution is -2.40. The molecule has 0 aromatic heterocycles. The van der Waals surface area contributed by atoms with Crippen molar-refractivity contribution in [3.05, 3.63) is 28.8 Å². The van der Waals surface area contributed by atoms with Crippen LogP contribution in [0.5, 0.6) is 0 Å². The van der Waals surface area contributed by atoms with Crippen LogP contribution in [-0.4, -0.2) is 41.7 Å². The smallest absolute Gasteiger partial charge is 0.337 e. The normalized spacial score (nSPS) is 17.1. The number of rotatable bonds is 5. The first-order chi connectivity index (χ1) is 9.95. The van der Waals surface area contributed by atoms with E-state index in [0.29, 0.717) is 12.0 Å². The van der Waals surface area contributed by atoms with Crippen LogP contribution in [0.3, 0.4) is 0 Å². The summed E-state index contributed by atoms with van der Waals surface area (Å²) in [4.78, 5) is 13.6. The molecule has 1 aliphatic rings. The first kappa shape index (κ1) is 16.1. The molecule has 2 N–H and O–H groups in total. The Bertz CT molecular complexity index is 497. The first-order valence-electron chi connectivity index (χ1n) is 7.47. The van der Waals surface area contributed by atoms with Gasteiger partial charge in [0.05, 0.1) is 10.6 Å². The molecule has 0 saturated carbocycles. The highest BCUT2D eigenvalue weighted by Gasteiger charge is 2.20. The molecule has 0 spiro atoms. The molecule has 4 nitrogen and oxygen atoms in total. The Balaban J connectivity index is 1.92. The topological polar surface area (TPSA) is 52.6 Å². The highest BCUT2D eigenvalue weighted by molar-refractivity contribution is 6.33. The van der Waals surface area contributed by atoms with Gasteiger partial charge in [0.15, 0.2) is 0 Å². The van der Waals surface area contributed by atoms with Gasteiger partial charge in [0.25, 0.3) is 0 Å². The number of hydrogen-bond donors (Lipinski definition) is 2. The van der Waals surface area contributed by atoms with Crippen LogP contribution in [0.1, 0.15) is 37.0 Å². The minimum atomic E-state index is -0.990. The van der Waals surface area contributed by atoms with E-state index in [2.05, 4.69) is 24.1 Å². The molecule has 5 heteroatoms. The third-order valence-electron chi connectivity index (χ3n) is 3.78. The fourth-order valence-corrected chi connectivity index (χ4v) is 2.99. The van der Waals surface area contributed by atoms with Crippen LogP contribution in [0, 0.1) is 5.92 Å². The van der Waals surface area contributed by atoms with Crippen LogP contribution in [0.2, 0.25) is 5.02 Å². The van der Waals surface area contributed by atoms with Gasteiger partial charge in [0.1, 0.15) is 0 Å². The Morgan fingerprint density at radius 3 is 2.67 bits per heavy atom. The van der Waals surface area contributed by atoms with Gasteiger partial charge >= 0.3 is 5.97 Å². The molecule has 1 saturated heterocycles. The van der Waals surface area contributed by atoms with Crippen LogP contribution in [-0.2, 0) is 0 Å². The summed E-state index contributed by atoms with van der Waals surface area (Å²) in [6, 6.07) is 5.50. The Hall–Kier alpha value is -1.26. The van der Waals surface area contributed by atoms with Gasteiger partial charge in [0.2, 0.25) is 0 Å². The number of aromatic carboxylic acids is 1. The Labute approximate surface area is 131 Å². The maximum absolute atomic E-state index is 11.1. The predicted octanol–water partition coefficient (Wildman–Crippen LogP) is 3.57. The molecule has 1 heterocycles. The van der Waals surface area contributed by atoms with Gasteiger partial charge < -0.3 is 15.3 Å². The van der Waals surface area contributed by atoms with Crippen molar-refractivity contribution in [2.45, 2.75) is 32.7 Å². The molecule has 0 unspecified atom stereocenters. The summed E-state index contributed by atoms with van der Waals surface area (Å²) in [5.74, 6) is -0.292. The summed E-state index contributed by atoms with van der Waals surface area (Å²) in [6.07, 6.45) is 2.16. The molecule has 2 rings (SSSR count). The largest absolute Gasteiger partial charge is 0.478 e. The SMILES string of the molecule is CC(C)CN1CCC(Nc2ccc(Cl)c(C(=O)O)c2)CC1. The highest BCUT2D eigenvalue weighted by atomic mass is 35.5. The lowest BCUT2D eigenvalue weighted by atomic mass is 10.0. The number of carboxylic acid groups (broad SMARTS) is 1. The molecule has 1 fully saturated rings. The van der Waals surface area contributed by atoms with E-state index in [9.17, 15) is 4.79 Å². The van der Waals surface area contributed by atoms with Crippen molar-refractivity contribution in [2.75, 3.05) is 25.0 Å². The van der Waals surface area contributed by atoms with E-state index >= 15 is 0 Å². The number of nitrogens with zero attached hydrogens (tertiary/aromatic N) is 1. The summed E-state index contributed by atoms with van der Waals surface area (Å²) < 4.78 is 0. The maximum atomic E-state index is 11.1. The number of nitrogens with one attached hydrogen (secondary N) is 1. The number of hydrogen-bond acceptors (Lipinski definition) is 3. The number of benzene rings is 1. The van der Waals surface area contributed by atoms with E-state index in [1.165, 1.54) is 0 Å². The van der Waals surface area contributed by atoms with E-state index < -0.39 is 5.97 Å². The minimum Gasteiger partial charge on any atom is -0.478 e. The van der Waals surface area contributed by atoms with Gasteiger partial charge in [-0.2, -0.15) is 0 Å². The van der Waals surface area contributed by atoms with Crippen molar-refractivity contribution < 1.29 is 9.90 Å². The standard InChI is InChI=1S/C16H23ClN2O2/c1-11(2)10-19-7-5-12(6-8-19)18-13-3-4-15(17)14(9-13)16(20)21/h3-4,9,11-12,18H,5-8,10H2,1-2H3,(H,20,21). The zero-order valence-electron chi connectivity index (χ0n) is 12.6. The zero-order chi connectivity index (χ0) is 15.4. The van der Waals surface area contributed by atoms with E-state index in [-0.39, 0.29) is 10.6 Å². The molecule has 1 aromatic carbocycles. The number of likely N-dealkylation sites (tertiary alicyclic amines) is 1. The molecular weight excluding hydrogens is 288 g/mol. The van der Waals surface area contributed by atoms with Crippen molar-refractivity contribution in [1.82, 2.24) is 4.90 Å². The molecule has 0 atom stereocenters. The number of carboxylic acids is 1. The van der Waals surface area contributed by atoms with E-state index in [1.807, 2.05) is 6.07 Å². The summed E-state index contributed by atoms with van der Waals surface area (Å²) in [5.41, 5.74) is 0.984. The van der Waals surface area contributed by atoms with E-state index in [4.69, 9.17) is 16.7 Å². The Morgan fingerprint density at radius 2 is 2.10 bits per heavy atom. The number of halogens is 1. The van der Waals surface area contributed by atoms with Gasteiger partial charge in [-0.3, -0.25) is 0 Å². The Morgan fingerprint density at radius 1 is 1.43 bits per heavy atom. The Kier molecular flexibility index (Phi) is 5.48. The number of carbonyl (C=O) groups is 1. The fourth-order valence-electron chi connectivity index (χ4n) is 2.79. The molecule has 116 valence electrons. The van der Waals surface area contributed by atoms with E-state index in [0.717, 1.165) is 38.2 Å². The number of piperidine rings is 1. The summed E-state index contributed by atoms with van der Waals surface area (Å²) in [6.45, 7) is 7.82. The predicted molar refractivity (Wildman–Crippen MR) is 86.3 cm³/mol. The molecular formula is C16H23ClN2O2. The summed E-state index contributed by atoms with van der Waals surface area (Å²) in [7, 11) is 0. The van der Waals surface area contributed by atoms with Crippen molar-refractivity contribution in [3.8, 4) is 0 Å². The third kappa shape index (κ3) is 4.61. The highest BCUT2D eigenvalue weighted by Crippen LogP contribution is 2.23. The van der Waals surface area contributed by atoms with Crippen LogP contribution in [0.25, 0.3) is 0 Å². The van der Waals surface area contributed by atoms with Crippen molar-refractivity contribution in [2.24, 2.45) is 5.92 Å². The molecule has 1 aliphatic heterocycles. The number of anilines is 1. The monoisotopic (exact) mass is 310 g/mol. The van der Waals surface area contributed by atoms with Gasteiger partial charge in [-0.25, -0.2) is 4.79 Å².